The van der Waals surface area contributed by atoms with Crippen molar-refractivity contribution in [1.82, 2.24) is 5.32 Å². The molecule has 5 N–H and O–H groups in total. The average molecular weight is 322 g/mol. The summed E-state index contributed by atoms with van der Waals surface area (Å²) >= 11 is 0. The Balaban J connectivity index is 0.00000361. The molecule has 6 nitrogen and oxygen atoms in total. The van der Waals surface area contributed by atoms with Crippen molar-refractivity contribution in [2.24, 2.45) is 10.9 Å². The molecule has 0 aliphatic heterocycles. The van der Waals surface area contributed by atoms with Crippen molar-refractivity contribution in [2.45, 2.75) is 24.2 Å². The monoisotopic (exact) mass is 321 g/mol. The minimum absolute atomic E-state index is 0. The van der Waals surface area contributed by atoms with Crippen molar-refractivity contribution in [2.75, 3.05) is 13.1 Å². The SMILES string of the molecule is Cl.NCCCC(=O)NCCc1ccc(S(N)(=O)=O)cc1. The summed E-state index contributed by atoms with van der Waals surface area (Å²) in [5, 5.41) is 7.77. The first-order valence-electron chi connectivity index (χ1n) is 6.02. The summed E-state index contributed by atoms with van der Waals surface area (Å²) in [4.78, 5) is 11.4. The van der Waals surface area contributed by atoms with Crippen LogP contribution in [0.15, 0.2) is 29.2 Å². The van der Waals surface area contributed by atoms with Gasteiger partial charge in [-0.1, -0.05) is 12.1 Å². The van der Waals surface area contributed by atoms with Crippen LogP contribution in [-0.2, 0) is 21.2 Å². The Morgan fingerprint density at radius 3 is 2.30 bits per heavy atom. The molecule has 0 aliphatic carbocycles. The molecule has 1 amide bonds. The van der Waals surface area contributed by atoms with Crippen molar-refractivity contribution in [3.63, 3.8) is 0 Å². The van der Waals surface area contributed by atoms with E-state index >= 15 is 0 Å². The van der Waals surface area contributed by atoms with Gasteiger partial charge in [0.15, 0.2) is 0 Å². The molecular formula is C12H20ClN3O3S. The number of amides is 1. The highest BCUT2D eigenvalue weighted by Gasteiger charge is 2.06. The first-order chi connectivity index (χ1) is 8.93. The van der Waals surface area contributed by atoms with E-state index in [-0.39, 0.29) is 23.2 Å². The summed E-state index contributed by atoms with van der Waals surface area (Å²) in [6.07, 6.45) is 1.75. The molecule has 0 aromatic heterocycles. The fourth-order valence-electron chi connectivity index (χ4n) is 1.54. The molecule has 1 aromatic rings. The lowest BCUT2D eigenvalue weighted by Crippen LogP contribution is -2.26. The van der Waals surface area contributed by atoms with Crippen LogP contribution >= 0.6 is 12.4 Å². The molecule has 0 atom stereocenters. The van der Waals surface area contributed by atoms with Crippen molar-refractivity contribution < 1.29 is 13.2 Å². The smallest absolute Gasteiger partial charge is 0.238 e. The predicted molar refractivity (Wildman–Crippen MR) is 80.1 cm³/mol. The topological polar surface area (TPSA) is 115 Å². The Morgan fingerprint density at radius 2 is 1.80 bits per heavy atom. The third kappa shape index (κ3) is 6.85. The van der Waals surface area contributed by atoms with E-state index in [1.54, 1.807) is 12.1 Å². The van der Waals surface area contributed by atoms with Crippen molar-refractivity contribution in [3.05, 3.63) is 29.8 Å². The van der Waals surface area contributed by atoms with Crippen molar-refractivity contribution in [3.8, 4) is 0 Å². The Kier molecular flexibility index (Phi) is 8.40. The number of nitrogens with two attached hydrogens (primary N) is 2. The third-order valence-corrected chi connectivity index (χ3v) is 3.52. The first kappa shape index (κ1) is 18.9. The number of rotatable bonds is 7. The molecular weight excluding hydrogens is 302 g/mol. The summed E-state index contributed by atoms with van der Waals surface area (Å²) in [5.41, 5.74) is 6.24. The maximum atomic E-state index is 11.3. The van der Waals surface area contributed by atoms with Gasteiger partial charge in [0, 0.05) is 13.0 Å². The number of hydrogen-bond donors (Lipinski definition) is 3. The molecule has 0 saturated heterocycles. The van der Waals surface area contributed by atoms with Gasteiger partial charge in [0.25, 0.3) is 0 Å². The second-order valence-electron chi connectivity index (χ2n) is 4.18. The highest BCUT2D eigenvalue weighted by molar-refractivity contribution is 7.89. The van der Waals surface area contributed by atoms with E-state index < -0.39 is 10.0 Å². The van der Waals surface area contributed by atoms with Crippen LogP contribution in [0.25, 0.3) is 0 Å². The Morgan fingerprint density at radius 1 is 1.20 bits per heavy atom. The Labute approximate surface area is 125 Å². The maximum Gasteiger partial charge on any atom is 0.238 e. The van der Waals surface area contributed by atoms with Crippen molar-refractivity contribution in [1.29, 1.82) is 0 Å². The third-order valence-electron chi connectivity index (χ3n) is 2.60. The number of sulfonamides is 1. The van der Waals surface area contributed by atoms with Crippen LogP contribution in [0.5, 0.6) is 0 Å². The van der Waals surface area contributed by atoms with E-state index in [0.29, 0.717) is 32.4 Å². The van der Waals surface area contributed by atoms with Gasteiger partial charge < -0.3 is 11.1 Å². The van der Waals surface area contributed by atoms with E-state index in [1.807, 2.05) is 0 Å². The largest absolute Gasteiger partial charge is 0.356 e. The average Bonchev–Trinajstić information content (AvgIpc) is 2.36. The van der Waals surface area contributed by atoms with Gasteiger partial charge >= 0.3 is 0 Å². The lowest BCUT2D eigenvalue weighted by atomic mass is 10.1. The number of benzene rings is 1. The zero-order valence-corrected chi connectivity index (χ0v) is 12.7. The van der Waals surface area contributed by atoms with Gasteiger partial charge in [-0.05, 0) is 37.1 Å². The molecule has 20 heavy (non-hydrogen) atoms. The van der Waals surface area contributed by atoms with Gasteiger partial charge in [-0.15, -0.1) is 12.4 Å². The van der Waals surface area contributed by atoms with E-state index in [4.69, 9.17) is 10.9 Å². The summed E-state index contributed by atoms with van der Waals surface area (Å²) in [6.45, 7) is 1.01. The fourth-order valence-corrected chi connectivity index (χ4v) is 2.06. The zero-order valence-electron chi connectivity index (χ0n) is 11.0. The molecule has 0 radical (unpaired) electrons. The molecule has 1 aromatic carbocycles. The van der Waals surface area contributed by atoms with Crippen molar-refractivity contribution >= 4 is 28.3 Å². The zero-order chi connectivity index (χ0) is 14.3. The van der Waals surface area contributed by atoms with E-state index in [0.717, 1.165) is 5.56 Å². The van der Waals surface area contributed by atoms with Gasteiger partial charge in [0.05, 0.1) is 4.90 Å². The van der Waals surface area contributed by atoms with E-state index in [2.05, 4.69) is 5.32 Å². The number of hydrogen-bond acceptors (Lipinski definition) is 4. The number of primary sulfonamides is 1. The highest BCUT2D eigenvalue weighted by atomic mass is 35.5. The lowest BCUT2D eigenvalue weighted by molar-refractivity contribution is -0.121. The van der Waals surface area contributed by atoms with Crippen LogP contribution in [0.4, 0.5) is 0 Å². The quantitative estimate of drug-likeness (QED) is 0.663. The Hall–Kier alpha value is -1.15. The van der Waals surface area contributed by atoms with Gasteiger partial charge in [-0.3, -0.25) is 4.79 Å². The summed E-state index contributed by atoms with van der Waals surface area (Å²) < 4.78 is 22.1. The fraction of sp³-hybridized carbons (Fsp3) is 0.417. The van der Waals surface area contributed by atoms with E-state index in [9.17, 15) is 13.2 Å². The maximum absolute atomic E-state index is 11.3. The molecule has 1 rings (SSSR count). The molecule has 0 fully saturated rings. The molecule has 0 bridgehead atoms. The molecule has 8 heteroatoms. The molecule has 0 aliphatic rings. The minimum Gasteiger partial charge on any atom is -0.356 e. The van der Waals surface area contributed by atoms with Crippen LogP contribution in [0.1, 0.15) is 18.4 Å². The van der Waals surface area contributed by atoms with Crippen LogP contribution in [0, 0.1) is 0 Å². The van der Waals surface area contributed by atoms with Gasteiger partial charge in [-0.2, -0.15) is 0 Å². The number of nitrogens with one attached hydrogen (secondary N) is 1. The molecule has 114 valence electrons. The number of carbonyl (C=O) groups is 1. The van der Waals surface area contributed by atoms with Gasteiger partial charge in [-0.25, -0.2) is 13.6 Å². The Bertz CT molecular complexity index is 517. The van der Waals surface area contributed by atoms with Crippen LogP contribution in [0.3, 0.4) is 0 Å². The highest BCUT2D eigenvalue weighted by Crippen LogP contribution is 2.08. The number of carbonyl (C=O) groups excluding carboxylic acids is 1. The second kappa shape index (κ2) is 8.91. The molecule has 0 spiro atoms. The molecule has 0 heterocycles. The standard InChI is InChI=1S/C12H19N3O3S.ClH/c13-8-1-2-12(16)15-9-7-10-3-5-11(6-4-10)19(14,17)18;/h3-6H,1-2,7-9,13H2,(H,15,16)(H2,14,17,18);1H. The summed E-state index contributed by atoms with van der Waals surface area (Å²) in [6, 6.07) is 6.29. The predicted octanol–water partition coefficient (Wildman–Crippen LogP) is 0.153. The normalized spacial score (nSPS) is 10.7. The van der Waals surface area contributed by atoms with Crippen LogP contribution in [0.2, 0.25) is 0 Å². The lowest BCUT2D eigenvalue weighted by Gasteiger charge is -2.05. The minimum atomic E-state index is -3.65. The van der Waals surface area contributed by atoms with Crippen LogP contribution < -0.4 is 16.2 Å². The summed E-state index contributed by atoms with van der Waals surface area (Å²) in [7, 11) is -3.65. The molecule has 0 unspecified atom stereocenters. The first-order valence-corrected chi connectivity index (χ1v) is 7.56. The second-order valence-corrected chi connectivity index (χ2v) is 5.74. The van der Waals surface area contributed by atoms with E-state index in [1.165, 1.54) is 12.1 Å². The molecule has 0 saturated carbocycles. The van der Waals surface area contributed by atoms with Gasteiger partial charge in [0.2, 0.25) is 15.9 Å². The number of halogens is 1. The van der Waals surface area contributed by atoms with Crippen LogP contribution in [-0.4, -0.2) is 27.4 Å². The van der Waals surface area contributed by atoms with Gasteiger partial charge in [0.1, 0.15) is 0 Å². The summed E-state index contributed by atoms with van der Waals surface area (Å²) in [5.74, 6) is -0.0217.